The predicted molar refractivity (Wildman–Crippen MR) is 108 cm³/mol. The summed E-state index contributed by atoms with van der Waals surface area (Å²) in [6.07, 6.45) is 3.63. The average molecular weight is 400 g/mol. The minimum absolute atomic E-state index is 0.122. The summed E-state index contributed by atoms with van der Waals surface area (Å²) < 4.78 is 26.9. The third-order valence-electron chi connectivity index (χ3n) is 3.88. The molecule has 2 aromatic carbocycles. The van der Waals surface area contributed by atoms with Crippen molar-refractivity contribution >= 4 is 18.0 Å². The molecule has 3 rings (SSSR count). The lowest BCUT2D eigenvalue weighted by molar-refractivity contribution is 0.266. The second-order valence-electron chi connectivity index (χ2n) is 5.81. The monoisotopic (exact) mass is 400 g/mol. The van der Waals surface area contributed by atoms with E-state index in [4.69, 9.17) is 9.47 Å². The quantitative estimate of drug-likeness (QED) is 0.417. The normalized spacial score (nSPS) is 11.1. The number of rotatable bonds is 8. The average Bonchev–Trinajstić information content (AvgIpc) is 3.06. The van der Waals surface area contributed by atoms with Crippen LogP contribution in [0.1, 0.15) is 23.9 Å². The number of hydrogen-bond donors (Lipinski definition) is 0. The first-order valence-corrected chi connectivity index (χ1v) is 9.98. The Labute approximate surface area is 167 Å². The Morgan fingerprint density at radius 2 is 1.96 bits per heavy atom. The first-order chi connectivity index (χ1) is 13.6. The molecule has 0 aliphatic carbocycles. The third-order valence-corrected chi connectivity index (χ3v) is 4.50. The Kier molecular flexibility index (Phi) is 6.65. The predicted octanol–water partition coefficient (Wildman–Crippen LogP) is 4.31. The number of aromatic nitrogens is 3. The summed E-state index contributed by atoms with van der Waals surface area (Å²) in [5, 5.41) is 13.2. The highest BCUT2D eigenvalue weighted by Crippen LogP contribution is 2.29. The van der Waals surface area contributed by atoms with E-state index in [9.17, 15) is 4.39 Å². The van der Waals surface area contributed by atoms with E-state index in [0.717, 1.165) is 5.56 Å². The molecular formula is C20H21FN4O2S. The van der Waals surface area contributed by atoms with Gasteiger partial charge in [0.2, 0.25) is 5.16 Å². The Morgan fingerprint density at radius 3 is 2.71 bits per heavy atom. The van der Waals surface area contributed by atoms with Crippen LogP contribution in [-0.2, 0) is 6.61 Å². The Bertz CT molecular complexity index is 975. The minimum Gasteiger partial charge on any atom is -0.490 e. The maximum Gasteiger partial charge on any atom is 0.211 e. The lowest BCUT2D eigenvalue weighted by Crippen LogP contribution is -2.02. The summed E-state index contributed by atoms with van der Waals surface area (Å²) in [5.41, 5.74) is 1.32. The number of halogens is 1. The third kappa shape index (κ3) is 4.69. The van der Waals surface area contributed by atoms with Crippen LogP contribution >= 0.6 is 11.8 Å². The minimum atomic E-state index is -0.293. The molecule has 1 aromatic heterocycles. The van der Waals surface area contributed by atoms with Gasteiger partial charge in [0.25, 0.3) is 0 Å². The van der Waals surface area contributed by atoms with Gasteiger partial charge in [0.05, 0.1) is 12.8 Å². The molecule has 146 valence electrons. The maximum absolute atomic E-state index is 13.8. The summed E-state index contributed by atoms with van der Waals surface area (Å²) in [6.45, 7) is 4.34. The van der Waals surface area contributed by atoms with Crippen molar-refractivity contribution in [3.05, 3.63) is 65.2 Å². The molecule has 0 unspecified atom stereocenters. The van der Waals surface area contributed by atoms with Crippen molar-refractivity contribution in [3.63, 3.8) is 0 Å². The Morgan fingerprint density at radius 1 is 1.14 bits per heavy atom. The van der Waals surface area contributed by atoms with Gasteiger partial charge >= 0.3 is 0 Å². The highest BCUT2D eigenvalue weighted by atomic mass is 32.2. The van der Waals surface area contributed by atoms with Gasteiger partial charge in [-0.1, -0.05) is 30.0 Å². The highest BCUT2D eigenvalue weighted by Gasteiger charge is 2.09. The van der Waals surface area contributed by atoms with Crippen LogP contribution in [0.5, 0.6) is 11.5 Å². The van der Waals surface area contributed by atoms with Crippen LogP contribution in [0.2, 0.25) is 0 Å². The van der Waals surface area contributed by atoms with Gasteiger partial charge in [-0.2, -0.15) is 9.78 Å². The number of hydrogen-bond acceptors (Lipinski definition) is 6. The highest BCUT2D eigenvalue weighted by molar-refractivity contribution is 7.98. The molecule has 0 saturated heterocycles. The van der Waals surface area contributed by atoms with Crippen molar-refractivity contribution in [2.24, 2.45) is 5.10 Å². The molecule has 1 heterocycles. The van der Waals surface area contributed by atoms with Crippen molar-refractivity contribution in [1.29, 1.82) is 0 Å². The smallest absolute Gasteiger partial charge is 0.211 e. The van der Waals surface area contributed by atoms with Gasteiger partial charge in [-0.05, 0) is 49.9 Å². The van der Waals surface area contributed by atoms with Crippen LogP contribution in [0.3, 0.4) is 0 Å². The van der Waals surface area contributed by atoms with Gasteiger partial charge in [0, 0.05) is 5.56 Å². The molecule has 28 heavy (non-hydrogen) atoms. The summed E-state index contributed by atoms with van der Waals surface area (Å²) in [4.78, 5) is 0. The zero-order chi connectivity index (χ0) is 19.9. The van der Waals surface area contributed by atoms with Crippen LogP contribution < -0.4 is 9.47 Å². The molecule has 0 N–H and O–H groups in total. The molecule has 0 atom stereocenters. The van der Waals surface area contributed by atoms with Gasteiger partial charge in [0.1, 0.15) is 12.4 Å². The van der Waals surface area contributed by atoms with Gasteiger partial charge < -0.3 is 9.47 Å². The van der Waals surface area contributed by atoms with Crippen molar-refractivity contribution in [2.45, 2.75) is 25.6 Å². The van der Waals surface area contributed by atoms with Crippen molar-refractivity contribution in [1.82, 2.24) is 14.9 Å². The molecule has 6 nitrogen and oxygen atoms in total. The molecule has 0 fully saturated rings. The molecule has 0 aliphatic heterocycles. The van der Waals surface area contributed by atoms with E-state index >= 15 is 0 Å². The van der Waals surface area contributed by atoms with E-state index in [1.807, 2.05) is 32.2 Å². The number of thioether (sulfide) groups is 1. The van der Waals surface area contributed by atoms with Gasteiger partial charge in [-0.15, -0.1) is 10.2 Å². The van der Waals surface area contributed by atoms with Crippen molar-refractivity contribution in [3.8, 4) is 11.5 Å². The molecular weight excluding hydrogens is 379 g/mol. The maximum atomic E-state index is 13.8. The molecule has 0 aliphatic rings. The first kappa shape index (κ1) is 19.9. The fraction of sp³-hybridized carbons (Fsp3) is 0.250. The summed E-state index contributed by atoms with van der Waals surface area (Å²) >= 11 is 1.47. The second kappa shape index (κ2) is 9.36. The standard InChI is InChI=1S/C20H21FN4O2S/c1-4-26-19-11-15(12-22-25-14(2)23-24-20(25)28-3)9-10-18(19)27-13-16-7-5-6-8-17(16)21/h5-12H,4,13H2,1-3H3/b22-12-. The van der Waals surface area contributed by atoms with Crippen LogP contribution in [0.4, 0.5) is 4.39 Å². The molecule has 8 heteroatoms. The second-order valence-corrected chi connectivity index (χ2v) is 6.58. The van der Waals surface area contributed by atoms with Gasteiger partial charge in [-0.25, -0.2) is 4.39 Å². The van der Waals surface area contributed by atoms with Crippen molar-refractivity contribution < 1.29 is 13.9 Å². The zero-order valence-electron chi connectivity index (χ0n) is 15.9. The summed E-state index contributed by atoms with van der Waals surface area (Å²) in [7, 11) is 0. The van der Waals surface area contributed by atoms with Crippen LogP contribution in [0, 0.1) is 12.7 Å². The molecule has 3 aromatic rings. The van der Waals surface area contributed by atoms with Crippen LogP contribution in [0.25, 0.3) is 0 Å². The first-order valence-electron chi connectivity index (χ1n) is 8.75. The summed E-state index contributed by atoms with van der Waals surface area (Å²) in [5.74, 6) is 1.54. The SMILES string of the molecule is CCOc1cc(/C=N\n2c(C)nnc2SC)ccc1OCc1ccccc1F. The summed E-state index contributed by atoms with van der Waals surface area (Å²) in [6, 6.07) is 12.0. The van der Waals surface area contributed by atoms with Crippen LogP contribution in [0.15, 0.2) is 52.7 Å². The molecule has 0 bridgehead atoms. The number of ether oxygens (including phenoxy) is 2. The Hall–Kier alpha value is -2.87. The lowest BCUT2D eigenvalue weighted by atomic mass is 10.2. The van der Waals surface area contributed by atoms with E-state index in [0.29, 0.717) is 34.7 Å². The van der Waals surface area contributed by atoms with Crippen LogP contribution in [-0.4, -0.2) is 34.0 Å². The fourth-order valence-corrected chi connectivity index (χ4v) is 2.96. The molecule has 0 amide bonds. The Balaban J connectivity index is 1.79. The van der Waals surface area contributed by atoms with Gasteiger partial charge in [0.15, 0.2) is 17.3 Å². The largest absolute Gasteiger partial charge is 0.490 e. The van der Waals surface area contributed by atoms with E-state index in [1.54, 1.807) is 35.2 Å². The zero-order valence-corrected chi connectivity index (χ0v) is 16.7. The topological polar surface area (TPSA) is 61.5 Å². The van der Waals surface area contributed by atoms with E-state index in [1.165, 1.54) is 17.8 Å². The van der Waals surface area contributed by atoms with Crippen molar-refractivity contribution in [2.75, 3.05) is 12.9 Å². The lowest BCUT2D eigenvalue weighted by Gasteiger charge is -2.13. The fourth-order valence-electron chi connectivity index (χ4n) is 2.49. The van der Waals surface area contributed by atoms with E-state index in [2.05, 4.69) is 15.3 Å². The van der Waals surface area contributed by atoms with Gasteiger partial charge in [-0.3, -0.25) is 0 Å². The molecule has 0 radical (unpaired) electrons. The molecule has 0 spiro atoms. The van der Waals surface area contributed by atoms with E-state index < -0.39 is 0 Å². The molecule has 0 saturated carbocycles. The number of aryl methyl sites for hydroxylation is 1. The number of benzene rings is 2. The number of nitrogens with zero attached hydrogens (tertiary/aromatic N) is 4. The van der Waals surface area contributed by atoms with E-state index in [-0.39, 0.29) is 12.4 Å².